The minimum atomic E-state index is -1.11. The van der Waals surface area contributed by atoms with Gasteiger partial charge in [-0.25, -0.2) is 14.4 Å². The molecule has 0 unspecified atom stereocenters. The van der Waals surface area contributed by atoms with Crippen LogP contribution in [0.2, 0.25) is 0 Å². The zero-order valence-electron chi connectivity index (χ0n) is 25.2. The van der Waals surface area contributed by atoms with E-state index in [-0.39, 0.29) is 37.7 Å². The molecule has 2 atom stereocenters. The molecule has 2 N–H and O–H groups in total. The van der Waals surface area contributed by atoms with Gasteiger partial charge in [-0.2, -0.15) is 0 Å². The first kappa shape index (κ1) is 34.9. The van der Waals surface area contributed by atoms with Crippen LogP contribution in [0.25, 0.3) is 0 Å². The maximum atomic E-state index is 12.6. The standard InChI is InChI=1S/C31H41NO11/c1-20(2)13-15-37-29(34)42-26-12-11-23(18-27(26)43-30(35)38-16-14-21(3)4)17-25(32)28(33)40-22(5)19-39-31(36)41-24-9-7-6-8-10-24/h6-12,18,20-22,25H,13-17,19,32H2,1-5H3/t22-,25-/m0/s1. The lowest BCUT2D eigenvalue weighted by Gasteiger charge is -2.17. The van der Waals surface area contributed by atoms with Gasteiger partial charge in [0.1, 0.15) is 24.5 Å². The molecule has 0 radical (unpaired) electrons. The summed E-state index contributed by atoms with van der Waals surface area (Å²) in [7, 11) is 0. The van der Waals surface area contributed by atoms with Gasteiger partial charge in [-0.1, -0.05) is 52.0 Å². The van der Waals surface area contributed by atoms with E-state index in [1.165, 1.54) is 19.1 Å². The molecule has 0 heterocycles. The van der Waals surface area contributed by atoms with E-state index >= 15 is 0 Å². The van der Waals surface area contributed by atoms with Crippen LogP contribution in [-0.2, 0) is 30.2 Å². The molecule has 0 amide bonds. The highest BCUT2D eigenvalue weighted by Gasteiger charge is 2.22. The molecule has 0 saturated heterocycles. The molecule has 236 valence electrons. The molecule has 0 bridgehead atoms. The predicted molar refractivity (Wildman–Crippen MR) is 155 cm³/mol. The predicted octanol–water partition coefficient (Wildman–Crippen LogP) is 5.83. The Morgan fingerprint density at radius 2 is 1.26 bits per heavy atom. The first-order chi connectivity index (χ1) is 20.4. The van der Waals surface area contributed by atoms with Crippen LogP contribution in [0.4, 0.5) is 14.4 Å². The molecule has 0 spiro atoms. The van der Waals surface area contributed by atoms with E-state index in [9.17, 15) is 19.2 Å². The minimum absolute atomic E-state index is 0.0136. The van der Waals surface area contributed by atoms with Gasteiger partial charge in [0.2, 0.25) is 0 Å². The zero-order chi connectivity index (χ0) is 31.8. The molecule has 0 aliphatic rings. The van der Waals surface area contributed by atoms with Crippen LogP contribution in [0.1, 0.15) is 53.0 Å². The summed E-state index contributed by atoms with van der Waals surface area (Å²) in [5.41, 5.74) is 6.53. The quantitative estimate of drug-likeness (QED) is 0.148. The first-order valence-electron chi connectivity index (χ1n) is 14.1. The van der Waals surface area contributed by atoms with Gasteiger partial charge in [0.15, 0.2) is 11.5 Å². The second kappa shape index (κ2) is 18.3. The summed E-state index contributed by atoms with van der Waals surface area (Å²) < 4.78 is 36.0. The first-order valence-corrected chi connectivity index (χ1v) is 14.1. The summed E-state index contributed by atoms with van der Waals surface area (Å²) in [6, 6.07) is 11.6. The Hall–Kier alpha value is -4.32. The number of carbonyl (C=O) groups is 4. The monoisotopic (exact) mass is 603 g/mol. The van der Waals surface area contributed by atoms with E-state index in [1.54, 1.807) is 36.4 Å². The average molecular weight is 604 g/mol. The van der Waals surface area contributed by atoms with Crippen molar-refractivity contribution in [2.24, 2.45) is 17.6 Å². The molecule has 0 aromatic heterocycles. The SMILES string of the molecule is CC(C)CCOC(=O)Oc1ccc(C[C@H](N)C(=O)O[C@@H](C)COC(=O)Oc2ccccc2)cc1OC(=O)OCCC(C)C. The van der Waals surface area contributed by atoms with Crippen molar-refractivity contribution in [3.05, 3.63) is 54.1 Å². The van der Waals surface area contributed by atoms with E-state index in [0.29, 0.717) is 36.0 Å². The van der Waals surface area contributed by atoms with Crippen molar-refractivity contribution in [3.8, 4) is 17.2 Å². The van der Waals surface area contributed by atoms with Crippen LogP contribution in [0.3, 0.4) is 0 Å². The molecule has 0 saturated carbocycles. The lowest BCUT2D eigenvalue weighted by atomic mass is 10.1. The van der Waals surface area contributed by atoms with Gasteiger partial charge in [-0.3, -0.25) is 4.79 Å². The van der Waals surface area contributed by atoms with Crippen LogP contribution in [0.5, 0.6) is 17.2 Å². The van der Waals surface area contributed by atoms with Crippen molar-refractivity contribution in [2.45, 2.75) is 66.0 Å². The number of benzene rings is 2. The number of para-hydroxylation sites is 1. The summed E-state index contributed by atoms with van der Waals surface area (Å²) in [6.45, 7) is 9.53. The van der Waals surface area contributed by atoms with Gasteiger partial charge in [-0.05, 0) is 67.9 Å². The molecule has 0 aliphatic carbocycles. The van der Waals surface area contributed by atoms with Crippen LogP contribution in [-0.4, -0.2) is 56.4 Å². The number of hydrogen-bond acceptors (Lipinski definition) is 12. The van der Waals surface area contributed by atoms with Crippen LogP contribution in [0.15, 0.2) is 48.5 Å². The van der Waals surface area contributed by atoms with Gasteiger partial charge in [0.05, 0.1) is 13.2 Å². The molecule has 12 nitrogen and oxygen atoms in total. The Kier molecular flexibility index (Phi) is 14.8. The number of ether oxygens (including phenoxy) is 7. The average Bonchev–Trinajstić information content (AvgIpc) is 2.93. The third kappa shape index (κ3) is 14.4. The lowest BCUT2D eigenvalue weighted by molar-refractivity contribution is -0.151. The summed E-state index contributed by atoms with van der Waals surface area (Å²) in [5.74, 6) is 0.00173. The topological polar surface area (TPSA) is 159 Å². The van der Waals surface area contributed by atoms with Crippen LogP contribution >= 0.6 is 0 Å². The van der Waals surface area contributed by atoms with Gasteiger partial charge in [-0.15, -0.1) is 0 Å². The summed E-state index contributed by atoms with van der Waals surface area (Å²) in [5, 5.41) is 0. The second-order valence-corrected chi connectivity index (χ2v) is 10.6. The van der Waals surface area contributed by atoms with Crippen molar-refractivity contribution in [1.82, 2.24) is 0 Å². The normalized spacial score (nSPS) is 12.2. The molecular weight excluding hydrogens is 562 g/mol. The Morgan fingerprint density at radius 3 is 1.84 bits per heavy atom. The van der Waals surface area contributed by atoms with Gasteiger partial charge in [0.25, 0.3) is 0 Å². The van der Waals surface area contributed by atoms with E-state index in [1.807, 2.05) is 27.7 Å². The number of esters is 1. The highest BCUT2D eigenvalue weighted by molar-refractivity contribution is 5.76. The summed E-state index contributed by atoms with van der Waals surface area (Å²) >= 11 is 0. The second-order valence-electron chi connectivity index (χ2n) is 10.6. The summed E-state index contributed by atoms with van der Waals surface area (Å²) in [6.07, 6.45) is -2.43. The fourth-order valence-corrected chi connectivity index (χ4v) is 3.29. The van der Waals surface area contributed by atoms with Crippen LogP contribution < -0.4 is 19.9 Å². The maximum Gasteiger partial charge on any atom is 0.513 e. The Bertz CT molecular complexity index is 1180. The Balaban J connectivity index is 1.98. The Labute approximate surface area is 251 Å². The largest absolute Gasteiger partial charge is 0.513 e. The summed E-state index contributed by atoms with van der Waals surface area (Å²) in [4.78, 5) is 48.9. The molecule has 12 heteroatoms. The molecule has 0 aliphatic heterocycles. The molecule has 0 fully saturated rings. The maximum absolute atomic E-state index is 12.6. The van der Waals surface area contributed by atoms with Crippen molar-refractivity contribution >= 4 is 24.4 Å². The van der Waals surface area contributed by atoms with Gasteiger partial charge < -0.3 is 38.9 Å². The van der Waals surface area contributed by atoms with E-state index in [2.05, 4.69) is 0 Å². The molecule has 2 aromatic carbocycles. The van der Waals surface area contributed by atoms with Crippen molar-refractivity contribution in [2.75, 3.05) is 19.8 Å². The number of hydrogen-bond donors (Lipinski definition) is 1. The minimum Gasteiger partial charge on any atom is -0.458 e. The number of rotatable bonds is 15. The fourth-order valence-electron chi connectivity index (χ4n) is 3.29. The van der Waals surface area contributed by atoms with E-state index in [0.717, 1.165) is 0 Å². The smallest absolute Gasteiger partial charge is 0.458 e. The van der Waals surface area contributed by atoms with E-state index < -0.39 is 36.6 Å². The van der Waals surface area contributed by atoms with Crippen LogP contribution in [0, 0.1) is 11.8 Å². The van der Waals surface area contributed by atoms with Crippen molar-refractivity contribution in [3.63, 3.8) is 0 Å². The van der Waals surface area contributed by atoms with Gasteiger partial charge >= 0.3 is 24.4 Å². The van der Waals surface area contributed by atoms with Gasteiger partial charge in [0, 0.05) is 0 Å². The zero-order valence-corrected chi connectivity index (χ0v) is 25.2. The molecule has 2 aromatic rings. The fraction of sp³-hybridized carbons (Fsp3) is 0.484. The lowest BCUT2D eigenvalue weighted by Crippen LogP contribution is -2.37. The molecule has 2 rings (SSSR count). The molecular formula is C31H41NO11. The van der Waals surface area contributed by atoms with Crippen molar-refractivity contribution in [1.29, 1.82) is 0 Å². The van der Waals surface area contributed by atoms with Crippen molar-refractivity contribution < 1.29 is 52.3 Å². The number of nitrogens with two attached hydrogens (primary N) is 1. The highest BCUT2D eigenvalue weighted by atomic mass is 16.7. The highest BCUT2D eigenvalue weighted by Crippen LogP contribution is 2.30. The third-order valence-corrected chi connectivity index (χ3v) is 5.68. The third-order valence-electron chi connectivity index (χ3n) is 5.68. The number of carbonyl (C=O) groups excluding carboxylic acids is 4. The van der Waals surface area contributed by atoms with E-state index in [4.69, 9.17) is 38.9 Å². The Morgan fingerprint density at radius 1 is 0.698 bits per heavy atom. The molecule has 43 heavy (non-hydrogen) atoms.